The number of methoxy groups -OCH3 is 1. The van der Waals surface area contributed by atoms with Crippen LogP contribution in [0.4, 0.5) is 4.39 Å². The number of piperidine rings is 1. The summed E-state index contributed by atoms with van der Waals surface area (Å²) >= 11 is 0. The maximum Gasteiger partial charge on any atom is 0.161 e. The normalized spacial score (nSPS) is 18.9. The summed E-state index contributed by atoms with van der Waals surface area (Å²) in [5.41, 5.74) is 2.06. The van der Waals surface area contributed by atoms with Crippen molar-refractivity contribution in [3.63, 3.8) is 0 Å². The van der Waals surface area contributed by atoms with E-state index < -0.39 is 0 Å². The van der Waals surface area contributed by atoms with Crippen LogP contribution >= 0.6 is 0 Å². The van der Waals surface area contributed by atoms with E-state index in [-0.39, 0.29) is 11.9 Å². The largest absolute Gasteiger partial charge is 0.493 e. The first-order chi connectivity index (χ1) is 13.0. The number of rotatable bonds is 7. The molecule has 1 aliphatic heterocycles. The van der Waals surface area contributed by atoms with Crippen molar-refractivity contribution in [2.75, 3.05) is 20.2 Å². The second-order valence-corrected chi connectivity index (χ2v) is 7.28. The summed E-state index contributed by atoms with van der Waals surface area (Å²) in [6.07, 6.45) is 1.95. The minimum Gasteiger partial charge on any atom is -0.493 e. The van der Waals surface area contributed by atoms with Gasteiger partial charge in [-0.15, -0.1) is 0 Å². The number of likely N-dealkylation sites (tertiary alicyclic amines) is 1. The zero-order valence-electron chi connectivity index (χ0n) is 16.0. The van der Waals surface area contributed by atoms with Crippen LogP contribution in [-0.4, -0.2) is 36.3 Å². The Bertz CT molecular complexity index is 733. The smallest absolute Gasteiger partial charge is 0.161 e. The molecule has 27 heavy (non-hydrogen) atoms. The van der Waals surface area contributed by atoms with E-state index in [4.69, 9.17) is 9.47 Å². The molecule has 0 aliphatic carbocycles. The van der Waals surface area contributed by atoms with Crippen LogP contribution in [0.5, 0.6) is 11.5 Å². The van der Waals surface area contributed by atoms with Crippen LogP contribution in [0.2, 0.25) is 0 Å². The van der Waals surface area contributed by atoms with Crippen LogP contribution < -0.4 is 9.47 Å². The Labute approximate surface area is 160 Å². The number of aliphatic hydroxyl groups is 1. The minimum atomic E-state index is -0.260. The third-order valence-electron chi connectivity index (χ3n) is 5.17. The predicted molar refractivity (Wildman–Crippen MR) is 103 cm³/mol. The molecule has 1 saturated heterocycles. The summed E-state index contributed by atoms with van der Waals surface area (Å²) in [5, 5.41) is 9.86. The van der Waals surface area contributed by atoms with Gasteiger partial charge < -0.3 is 14.6 Å². The van der Waals surface area contributed by atoms with Crippen molar-refractivity contribution >= 4 is 0 Å². The van der Waals surface area contributed by atoms with Gasteiger partial charge in [0.1, 0.15) is 12.4 Å². The van der Waals surface area contributed by atoms with Crippen LogP contribution in [0.25, 0.3) is 0 Å². The monoisotopic (exact) mass is 373 g/mol. The number of benzene rings is 2. The summed E-state index contributed by atoms with van der Waals surface area (Å²) in [6, 6.07) is 12.3. The van der Waals surface area contributed by atoms with Crippen molar-refractivity contribution in [3.05, 3.63) is 59.4 Å². The van der Waals surface area contributed by atoms with Gasteiger partial charge in [0, 0.05) is 13.1 Å². The Morgan fingerprint density at radius 1 is 1.15 bits per heavy atom. The number of aliphatic hydroxyl groups excluding tert-OH is 1. The van der Waals surface area contributed by atoms with Crippen molar-refractivity contribution in [2.45, 2.75) is 39.0 Å². The highest BCUT2D eigenvalue weighted by molar-refractivity contribution is 5.43. The summed E-state index contributed by atoms with van der Waals surface area (Å²) in [7, 11) is 1.63. The molecule has 2 aromatic carbocycles. The van der Waals surface area contributed by atoms with E-state index in [0.717, 1.165) is 43.6 Å². The summed E-state index contributed by atoms with van der Waals surface area (Å²) in [5.74, 6) is 1.46. The first kappa shape index (κ1) is 19.6. The summed E-state index contributed by atoms with van der Waals surface area (Å²) < 4.78 is 24.3. The lowest BCUT2D eigenvalue weighted by molar-refractivity contribution is 0.0598. The highest BCUT2D eigenvalue weighted by Crippen LogP contribution is 2.30. The molecule has 0 spiro atoms. The third-order valence-corrected chi connectivity index (χ3v) is 5.17. The fourth-order valence-corrected chi connectivity index (χ4v) is 3.56. The second-order valence-electron chi connectivity index (χ2n) is 7.28. The molecular weight excluding hydrogens is 345 g/mol. The molecule has 1 fully saturated rings. The van der Waals surface area contributed by atoms with Gasteiger partial charge in [-0.25, -0.2) is 4.39 Å². The SMILES string of the molecule is COc1cc(CN2CCC[C@H]([C@@H](C)O)C2)ccc1OCc1ccc(F)cc1. The van der Waals surface area contributed by atoms with Crippen LogP contribution in [0.1, 0.15) is 30.9 Å². The molecule has 146 valence electrons. The van der Waals surface area contributed by atoms with Gasteiger partial charge in [-0.1, -0.05) is 18.2 Å². The van der Waals surface area contributed by atoms with Crippen molar-refractivity contribution in [2.24, 2.45) is 5.92 Å². The first-order valence-corrected chi connectivity index (χ1v) is 9.49. The molecule has 3 rings (SSSR count). The fraction of sp³-hybridized carbons (Fsp3) is 0.455. The van der Waals surface area contributed by atoms with Gasteiger partial charge in [-0.2, -0.15) is 0 Å². The summed E-state index contributed by atoms with van der Waals surface area (Å²) in [4.78, 5) is 2.38. The van der Waals surface area contributed by atoms with Crippen LogP contribution in [0.3, 0.4) is 0 Å². The molecule has 5 heteroatoms. The fourth-order valence-electron chi connectivity index (χ4n) is 3.56. The van der Waals surface area contributed by atoms with Gasteiger partial charge in [-0.05, 0) is 67.6 Å². The lowest BCUT2D eigenvalue weighted by atomic mass is 9.93. The van der Waals surface area contributed by atoms with Crippen LogP contribution in [-0.2, 0) is 13.2 Å². The molecule has 2 aromatic rings. The number of hydrogen-bond donors (Lipinski definition) is 1. The molecule has 0 radical (unpaired) electrons. The average Bonchev–Trinajstić information content (AvgIpc) is 2.68. The molecular formula is C22H28FNO3. The Morgan fingerprint density at radius 3 is 2.59 bits per heavy atom. The number of nitrogens with zero attached hydrogens (tertiary/aromatic N) is 1. The quantitative estimate of drug-likeness (QED) is 0.796. The molecule has 1 aliphatic rings. The average molecular weight is 373 g/mol. The maximum absolute atomic E-state index is 13.0. The van der Waals surface area contributed by atoms with Crippen molar-refractivity contribution in [1.29, 1.82) is 0 Å². The molecule has 0 unspecified atom stereocenters. The van der Waals surface area contributed by atoms with Crippen LogP contribution in [0, 0.1) is 11.7 Å². The molecule has 0 aromatic heterocycles. The Hall–Kier alpha value is -2.11. The first-order valence-electron chi connectivity index (χ1n) is 9.49. The molecule has 0 amide bonds. The Kier molecular flexibility index (Phi) is 6.69. The van der Waals surface area contributed by atoms with Gasteiger partial charge in [0.25, 0.3) is 0 Å². The predicted octanol–water partition coefficient (Wildman–Crippen LogP) is 4.01. The van der Waals surface area contributed by atoms with Gasteiger partial charge in [0.05, 0.1) is 13.2 Å². The van der Waals surface area contributed by atoms with Crippen molar-refractivity contribution in [3.8, 4) is 11.5 Å². The lowest BCUT2D eigenvalue weighted by Gasteiger charge is -2.34. The summed E-state index contributed by atoms with van der Waals surface area (Å²) in [6.45, 7) is 5.04. The number of halogens is 1. The standard InChI is InChI=1S/C22H28FNO3/c1-16(25)19-4-3-11-24(14-19)13-18-7-10-21(22(12-18)26-2)27-15-17-5-8-20(23)9-6-17/h5-10,12,16,19,25H,3-4,11,13-15H2,1-2H3/t16-,19+/m1/s1. The molecule has 0 bridgehead atoms. The third kappa shape index (κ3) is 5.44. The van der Waals surface area contributed by atoms with Gasteiger partial charge in [0.15, 0.2) is 11.5 Å². The molecule has 2 atom stereocenters. The highest BCUT2D eigenvalue weighted by atomic mass is 19.1. The zero-order chi connectivity index (χ0) is 19.2. The Morgan fingerprint density at radius 2 is 1.89 bits per heavy atom. The lowest BCUT2D eigenvalue weighted by Crippen LogP contribution is -2.39. The topological polar surface area (TPSA) is 41.9 Å². The highest BCUT2D eigenvalue weighted by Gasteiger charge is 2.23. The molecule has 1 N–H and O–H groups in total. The van der Waals surface area contributed by atoms with E-state index in [2.05, 4.69) is 11.0 Å². The second kappa shape index (κ2) is 9.20. The Balaban J connectivity index is 1.62. The van der Waals surface area contributed by atoms with Crippen molar-refractivity contribution in [1.82, 2.24) is 4.90 Å². The maximum atomic E-state index is 13.0. The molecule has 4 nitrogen and oxygen atoms in total. The van der Waals surface area contributed by atoms with E-state index in [1.54, 1.807) is 19.2 Å². The van der Waals surface area contributed by atoms with E-state index in [1.807, 2.05) is 19.1 Å². The van der Waals surface area contributed by atoms with Gasteiger partial charge >= 0.3 is 0 Å². The van der Waals surface area contributed by atoms with Gasteiger partial charge in [-0.3, -0.25) is 4.90 Å². The molecule has 0 saturated carbocycles. The van der Waals surface area contributed by atoms with E-state index in [9.17, 15) is 9.50 Å². The van der Waals surface area contributed by atoms with Gasteiger partial charge in [0.2, 0.25) is 0 Å². The van der Waals surface area contributed by atoms with E-state index >= 15 is 0 Å². The zero-order valence-corrected chi connectivity index (χ0v) is 16.0. The van der Waals surface area contributed by atoms with Crippen molar-refractivity contribution < 1.29 is 19.0 Å². The van der Waals surface area contributed by atoms with E-state index in [0.29, 0.717) is 24.0 Å². The molecule has 1 heterocycles. The van der Waals surface area contributed by atoms with Crippen LogP contribution in [0.15, 0.2) is 42.5 Å². The van der Waals surface area contributed by atoms with E-state index in [1.165, 1.54) is 12.1 Å². The number of hydrogen-bond acceptors (Lipinski definition) is 4. The minimum absolute atomic E-state index is 0.253. The number of ether oxygens (including phenoxy) is 2.